The van der Waals surface area contributed by atoms with Crippen LogP contribution in [-0.2, 0) is 23.5 Å². The lowest BCUT2D eigenvalue weighted by molar-refractivity contribution is 0.579. The quantitative estimate of drug-likeness (QED) is 0.723. The lowest BCUT2D eigenvalue weighted by Crippen LogP contribution is -2.27. The number of aromatic nitrogens is 3. The van der Waals surface area contributed by atoms with Crippen LogP contribution in [0, 0.1) is 0 Å². The molecule has 0 aromatic carbocycles. The predicted molar refractivity (Wildman–Crippen MR) is 82.2 cm³/mol. The molecule has 21 heavy (non-hydrogen) atoms. The lowest BCUT2D eigenvalue weighted by atomic mass is 10.3. The van der Waals surface area contributed by atoms with Crippen molar-refractivity contribution >= 4 is 27.2 Å². The molecule has 7 nitrogen and oxygen atoms in total. The van der Waals surface area contributed by atoms with Crippen molar-refractivity contribution < 1.29 is 8.42 Å². The van der Waals surface area contributed by atoms with Crippen LogP contribution >= 0.6 is 12.2 Å². The number of hydrogen-bond donors (Lipinski definition) is 2. The van der Waals surface area contributed by atoms with Gasteiger partial charge in [-0.2, -0.15) is 0 Å². The Balaban J connectivity index is 2.01. The monoisotopic (exact) mass is 325 g/mol. The van der Waals surface area contributed by atoms with Crippen LogP contribution in [0.3, 0.4) is 0 Å². The van der Waals surface area contributed by atoms with Crippen LogP contribution in [0.5, 0.6) is 0 Å². The van der Waals surface area contributed by atoms with Crippen molar-refractivity contribution in [3.63, 3.8) is 0 Å². The molecule has 2 rings (SSSR count). The van der Waals surface area contributed by atoms with Crippen molar-refractivity contribution in [1.82, 2.24) is 19.3 Å². The Hall–Kier alpha value is -1.84. The van der Waals surface area contributed by atoms with E-state index < -0.39 is 10.0 Å². The Bertz CT molecular complexity index is 737. The molecule has 0 saturated heterocycles. The predicted octanol–water partition coefficient (Wildman–Crippen LogP) is -0.0297. The second-order valence-electron chi connectivity index (χ2n) is 4.35. The third-order valence-electron chi connectivity index (χ3n) is 2.86. The molecule has 0 aliphatic carbocycles. The van der Waals surface area contributed by atoms with Gasteiger partial charge in [-0.05, 0) is 12.1 Å². The Labute approximate surface area is 128 Å². The first-order valence-electron chi connectivity index (χ1n) is 6.12. The summed E-state index contributed by atoms with van der Waals surface area (Å²) >= 11 is 4.77. The number of nitrogens with zero attached hydrogens (tertiary/aromatic N) is 3. The molecule has 2 aromatic heterocycles. The van der Waals surface area contributed by atoms with E-state index in [9.17, 15) is 8.42 Å². The fourth-order valence-electron chi connectivity index (χ4n) is 1.70. The Kier molecular flexibility index (Phi) is 4.66. The molecule has 0 aliphatic rings. The van der Waals surface area contributed by atoms with Gasteiger partial charge < -0.3 is 10.3 Å². The van der Waals surface area contributed by atoms with Crippen molar-refractivity contribution in [2.75, 3.05) is 6.54 Å². The van der Waals surface area contributed by atoms with Crippen LogP contribution in [-0.4, -0.2) is 34.5 Å². The molecule has 2 aromatic rings. The molecule has 0 radical (unpaired) electrons. The van der Waals surface area contributed by atoms with E-state index in [1.807, 2.05) is 17.8 Å². The molecule has 0 bridgehead atoms. The normalized spacial score (nSPS) is 11.5. The molecule has 0 aliphatic heterocycles. The third-order valence-corrected chi connectivity index (χ3v) is 4.52. The van der Waals surface area contributed by atoms with Gasteiger partial charge in [0.05, 0.1) is 5.69 Å². The molecule has 112 valence electrons. The van der Waals surface area contributed by atoms with Gasteiger partial charge in [0.1, 0.15) is 15.7 Å². The van der Waals surface area contributed by atoms with E-state index in [2.05, 4.69) is 14.7 Å². The minimum absolute atomic E-state index is 0.0716. The van der Waals surface area contributed by atoms with E-state index in [4.69, 9.17) is 18.0 Å². The van der Waals surface area contributed by atoms with E-state index in [1.54, 1.807) is 6.20 Å². The SMILES string of the molecule is Cn1ccnc1CCNS(=O)(=O)c1ccc(C(N)=S)nc1. The summed E-state index contributed by atoms with van der Waals surface area (Å²) in [6.07, 6.45) is 5.21. The Morgan fingerprint density at radius 1 is 1.43 bits per heavy atom. The van der Waals surface area contributed by atoms with Gasteiger partial charge in [-0.1, -0.05) is 12.2 Å². The average molecular weight is 325 g/mol. The van der Waals surface area contributed by atoms with Crippen LogP contribution in [0.25, 0.3) is 0 Å². The fraction of sp³-hybridized carbons (Fsp3) is 0.250. The maximum atomic E-state index is 12.1. The molecular formula is C12H15N5O2S2. The van der Waals surface area contributed by atoms with Crippen molar-refractivity contribution in [1.29, 1.82) is 0 Å². The molecule has 0 atom stereocenters. The van der Waals surface area contributed by atoms with Crippen LogP contribution in [0.2, 0.25) is 0 Å². The second-order valence-corrected chi connectivity index (χ2v) is 6.55. The standard InChI is InChI=1S/C12H15N5O2S2/c1-17-7-6-14-11(17)4-5-16-21(18,19)9-2-3-10(12(13)20)15-8-9/h2-3,6-8,16H,4-5H2,1H3,(H2,13,20). The van der Waals surface area contributed by atoms with E-state index in [0.29, 0.717) is 12.1 Å². The van der Waals surface area contributed by atoms with Crippen LogP contribution < -0.4 is 10.5 Å². The van der Waals surface area contributed by atoms with E-state index in [-0.39, 0.29) is 16.4 Å². The van der Waals surface area contributed by atoms with E-state index in [0.717, 1.165) is 5.82 Å². The topological polar surface area (TPSA) is 103 Å². The van der Waals surface area contributed by atoms with Crippen molar-refractivity contribution in [2.24, 2.45) is 12.8 Å². The highest BCUT2D eigenvalue weighted by Gasteiger charge is 2.14. The number of sulfonamides is 1. The zero-order valence-electron chi connectivity index (χ0n) is 11.4. The summed E-state index contributed by atoms with van der Waals surface area (Å²) in [7, 11) is -1.75. The molecule has 0 amide bonds. The van der Waals surface area contributed by atoms with E-state index in [1.165, 1.54) is 18.3 Å². The minimum Gasteiger partial charge on any atom is -0.388 e. The minimum atomic E-state index is -3.60. The number of hydrogen-bond acceptors (Lipinski definition) is 5. The van der Waals surface area contributed by atoms with Gasteiger partial charge in [-0.15, -0.1) is 0 Å². The molecule has 0 fully saturated rings. The zero-order valence-corrected chi connectivity index (χ0v) is 13.0. The number of nitrogens with one attached hydrogen (secondary N) is 1. The maximum absolute atomic E-state index is 12.1. The smallest absolute Gasteiger partial charge is 0.242 e. The van der Waals surface area contributed by atoms with Crippen molar-refractivity contribution in [3.8, 4) is 0 Å². The van der Waals surface area contributed by atoms with Crippen LogP contribution in [0.4, 0.5) is 0 Å². The number of thiocarbonyl (C=S) groups is 1. The number of rotatable bonds is 6. The largest absolute Gasteiger partial charge is 0.388 e. The summed E-state index contributed by atoms with van der Waals surface area (Å²) in [6, 6.07) is 2.90. The second kappa shape index (κ2) is 6.29. The number of imidazole rings is 1. The summed E-state index contributed by atoms with van der Waals surface area (Å²) in [5.74, 6) is 0.805. The molecule has 3 N–H and O–H groups in total. The first-order valence-corrected chi connectivity index (χ1v) is 8.01. The first kappa shape index (κ1) is 15.5. The highest BCUT2D eigenvalue weighted by Crippen LogP contribution is 2.08. The molecular weight excluding hydrogens is 310 g/mol. The highest BCUT2D eigenvalue weighted by molar-refractivity contribution is 7.89. The Morgan fingerprint density at radius 3 is 2.71 bits per heavy atom. The molecule has 0 saturated carbocycles. The van der Waals surface area contributed by atoms with Crippen molar-refractivity contribution in [3.05, 3.63) is 42.2 Å². The summed E-state index contributed by atoms with van der Waals surface area (Å²) in [4.78, 5) is 8.24. The van der Waals surface area contributed by atoms with Gasteiger partial charge in [0.2, 0.25) is 10.0 Å². The molecule has 2 heterocycles. The molecule has 0 spiro atoms. The van der Waals surface area contributed by atoms with Gasteiger partial charge in [-0.3, -0.25) is 4.98 Å². The summed E-state index contributed by atoms with van der Waals surface area (Å²) in [5.41, 5.74) is 5.80. The lowest BCUT2D eigenvalue weighted by Gasteiger charge is -2.07. The van der Waals surface area contributed by atoms with E-state index >= 15 is 0 Å². The maximum Gasteiger partial charge on any atom is 0.242 e. The molecule has 0 unspecified atom stereocenters. The highest BCUT2D eigenvalue weighted by atomic mass is 32.2. The number of aryl methyl sites for hydroxylation is 1. The number of nitrogens with two attached hydrogens (primary N) is 1. The fourth-order valence-corrected chi connectivity index (χ4v) is 2.80. The van der Waals surface area contributed by atoms with Crippen LogP contribution in [0.15, 0.2) is 35.6 Å². The van der Waals surface area contributed by atoms with Gasteiger partial charge in [0.15, 0.2) is 0 Å². The van der Waals surface area contributed by atoms with Gasteiger partial charge >= 0.3 is 0 Å². The zero-order chi connectivity index (χ0) is 15.5. The summed E-state index contributed by atoms with van der Waals surface area (Å²) < 4.78 is 28.5. The van der Waals surface area contributed by atoms with Crippen molar-refractivity contribution in [2.45, 2.75) is 11.3 Å². The Morgan fingerprint density at radius 2 is 2.19 bits per heavy atom. The van der Waals surface area contributed by atoms with Gasteiger partial charge in [-0.25, -0.2) is 18.1 Å². The van der Waals surface area contributed by atoms with Crippen LogP contribution in [0.1, 0.15) is 11.5 Å². The first-order chi connectivity index (χ1) is 9.90. The molecule has 9 heteroatoms. The van der Waals surface area contributed by atoms with Gasteiger partial charge in [0.25, 0.3) is 0 Å². The number of pyridine rings is 1. The third kappa shape index (κ3) is 3.84. The van der Waals surface area contributed by atoms with Gasteiger partial charge in [0, 0.05) is 38.6 Å². The average Bonchev–Trinajstić information content (AvgIpc) is 2.84. The summed E-state index contributed by atoms with van der Waals surface area (Å²) in [6.45, 7) is 0.254. The summed E-state index contributed by atoms with van der Waals surface area (Å²) in [5, 5.41) is 0.